The molecule has 0 aliphatic carbocycles. The van der Waals surface area contributed by atoms with Gasteiger partial charge in [0, 0.05) is 33.3 Å². The maximum atomic E-state index is 10.2. The number of hydrogen-bond donors (Lipinski definition) is 0. The first-order valence-electron chi connectivity index (χ1n) is 18.3. The van der Waals surface area contributed by atoms with E-state index in [1.54, 1.807) is 0 Å². The van der Waals surface area contributed by atoms with Gasteiger partial charge in [-0.3, -0.25) is 4.98 Å². The summed E-state index contributed by atoms with van der Waals surface area (Å²) in [6, 6.07) is 60.6. The summed E-state index contributed by atoms with van der Waals surface area (Å²) < 4.78 is 4.66. The van der Waals surface area contributed by atoms with Gasteiger partial charge in [0.25, 0.3) is 0 Å². The first-order chi connectivity index (χ1) is 26.6. The third kappa shape index (κ3) is 5.02. The molecule has 0 bridgehead atoms. The quantitative estimate of drug-likeness (QED) is 0.180. The van der Waals surface area contributed by atoms with Gasteiger partial charge in [-0.15, -0.1) is 0 Å². The summed E-state index contributed by atoms with van der Waals surface area (Å²) >= 11 is 0. The van der Waals surface area contributed by atoms with E-state index in [1.165, 1.54) is 54.9 Å². The number of fused-ring (bicyclic) bond motifs is 6. The first kappa shape index (κ1) is 31.5. The van der Waals surface area contributed by atoms with Crippen molar-refractivity contribution in [1.29, 1.82) is 5.26 Å². The van der Waals surface area contributed by atoms with Crippen molar-refractivity contribution < 1.29 is 0 Å². The van der Waals surface area contributed by atoms with Crippen LogP contribution in [0.15, 0.2) is 170 Å². The van der Waals surface area contributed by atoms with E-state index < -0.39 is 0 Å². The normalized spacial score (nSPS) is 11.5. The van der Waals surface area contributed by atoms with Crippen LogP contribution >= 0.6 is 0 Å². The average molecular weight is 691 g/mol. The molecule has 0 unspecified atom stereocenters. The molecule has 0 aliphatic rings. The van der Waals surface area contributed by atoms with Crippen molar-refractivity contribution in [2.45, 2.75) is 13.8 Å². The van der Waals surface area contributed by atoms with Crippen molar-refractivity contribution in [3.8, 4) is 51.0 Å². The van der Waals surface area contributed by atoms with Crippen molar-refractivity contribution in [1.82, 2.24) is 14.1 Å². The molecule has 4 nitrogen and oxygen atoms in total. The molecule has 254 valence electrons. The highest BCUT2D eigenvalue weighted by Crippen LogP contribution is 2.41. The molecule has 0 saturated heterocycles. The van der Waals surface area contributed by atoms with E-state index in [0.717, 1.165) is 44.7 Å². The number of benzene rings is 7. The number of nitriles is 1. The van der Waals surface area contributed by atoms with Gasteiger partial charge < -0.3 is 9.13 Å². The summed E-state index contributed by atoms with van der Waals surface area (Å²) in [6.45, 7) is 4.24. The minimum Gasteiger partial charge on any atom is -0.309 e. The molecule has 0 aliphatic heterocycles. The van der Waals surface area contributed by atoms with E-state index in [-0.39, 0.29) is 0 Å². The zero-order valence-electron chi connectivity index (χ0n) is 30.0. The molecule has 10 aromatic rings. The van der Waals surface area contributed by atoms with Crippen molar-refractivity contribution >= 4 is 43.6 Å². The number of aromatic nitrogens is 3. The second kappa shape index (κ2) is 12.5. The van der Waals surface area contributed by atoms with E-state index in [1.807, 2.05) is 24.4 Å². The van der Waals surface area contributed by atoms with E-state index >= 15 is 0 Å². The number of aryl methyl sites for hydroxylation is 2. The minimum atomic E-state index is 0.581. The number of nitrogens with zero attached hydrogens (tertiary/aromatic N) is 4. The SMILES string of the molecule is Cc1ccc(-c2ccc3c(c2)c2ccccc2n3-c2ccc(C#N)cc2-c2ncccc2-n2c3ccccc3c3cc(-c4ccc(C)cc4)ccc32)cc1. The fourth-order valence-corrected chi connectivity index (χ4v) is 8.09. The maximum Gasteiger partial charge on any atom is 0.0991 e. The zero-order chi connectivity index (χ0) is 36.3. The summed E-state index contributed by atoms with van der Waals surface area (Å²) in [5.41, 5.74) is 15.8. The van der Waals surface area contributed by atoms with E-state index in [4.69, 9.17) is 4.98 Å². The van der Waals surface area contributed by atoms with Crippen LogP contribution in [0.3, 0.4) is 0 Å². The predicted octanol–water partition coefficient (Wildman–Crippen LogP) is 12.8. The van der Waals surface area contributed by atoms with E-state index in [2.05, 4.69) is 175 Å². The third-order valence-electron chi connectivity index (χ3n) is 10.8. The smallest absolute Gasteiger partial charge is 0.0991 e. The van der Waals surface area contributed by atoms with Gasteiger partial charge in [0.2, 0.25) is 0 Å². The van der Waals surface area contributed by atoms with Crippen LogP contribution in [-0.4, -0.2) is 14.1 Å². The summed E-state index contributed by atoms with van der Waals surface area (Å²) in [6.07, 6.45) is 1.85. The molecule has 0 N–H and O–H groups in total. The first-order valence-corrected chi connectivity index (χ1v) is 18.3. The molecule has 10 rings (SSSR count). The zero-order valence-corrected chi connectivity index (χ0v) is 30.0. The van der Waals surface area contributed by atoms with Gasteiger partial charge in [-0.1, -0.05) is 108 Å². The van der Waals surface area contributed by atoms with Gasteiger partial charge in [-0.2, -0.15) is 5.26 Å². The van der Waals surface area contributed by atoms with Crippen LogP contribution in [0.4, 0.5) is 0 Å². The molecular weight excluding hydrogens is 657 g/mol. The van der Waals surface area contributed by atoms with Crippen molar-refractivity contribution in [2.24, 2.45) is 0 Å². The lowest BCUT2D eigenvalue weighted by Gasteiger charge is -2.18. The average Bonchev–Trinajstić information content (AvgIpc) is 3.73. The van der Waals surface area contributed by atoms with Crippen LogP contribution in [0, 0.1) is 25.2 Å². The maximum absolute atomic E-state index is 10.2. The molecule has 0 fully saturated rings. The second-order valence-corrected chi connectivity index (χ2v) is 14.1. The molecule has 54 heavy (non-hydrogen) atoms. The Morgan fingerprint density at radius 1 is 0.444 bits per heavy atom. The molecule has 0 saturated carbocycles. The number of rotatable bonds is 5. The number of para-hydroxylation sites is 2. The van der Waals surface area contributed by atoms with Gasteiger partial charge >= 0.3 is 0 Å². The van der Waals surface area contributed by atoms with Gasteiger partial charge in [0.1, 0.15) is 0 Å². The molecule has 4 heteroatoms. The monoisotopic (exact) mass is 690 g/mol. The van der Waals surface area contributed by atoms with Crippen LogP contribution in [0.25, 0.3) is 88.5 Å². The number of hydrogen-bond acceptors (Lipinski definition) is 2. The Bertz CT molecular complexity index is 3120. The van der Waals surface area contributed by atoms with E-state index in [0.29, 0.717) is 5.56 Å². The van der Waals surface area contributed by atoms with Crippen molar-refractivity contribution in [2.75, 3.05) is 0 Å². The van der Waals surface area contributed by atoms with Crippen LogP contribution in [0.5, 0.6) is 0 Å². The van der Waals surface area contributed by atoms with Crippen LogP contribution in [0.2, 0.25) is 0 Å². The lowest BCUT2D eigenvalue weighted by molar-refractivity contribution is 1.13. The minimum absolute atomic E-state index is 0.581. The second-order valence-electron chi connectivity index (χ2n) is 14.1. The van der Waals surface area contributed by atoms with Crippen LogP contribution < -0.4 is 0 Å². The molecule has 0 spiro atoms. The fourth-order valence-electron chi connectivity index (χ4n) is 8.09. The highest BCUT2D eigenvalue weighted by atomic mass is 15.0. The largest absolute Gasteiger partial charge is 0.309 e. The van der Waals surface area contributed by atoms with Gasteiger partial charge in [0.05, 0.1) is 50.8 Å². The predicted molar refractivity (Wildman–Crippen MR) is 223 cm³/mol. The molecular formula is C50H34N4. The highest BCUT2D eigenvalue weighted by molar-refractivity contribution is 6.12. The van der Waals surface area contributed by atoms with Gasteiger partial charge in [0.15, 0.2) is 0 Å². The van der Waals surface area contributed by atoms with Gasteiger partial charge in [-0.25, -0.2) is 0 Å². The molecule has 7 aromatic carbocycles. The van der Waals surface area contributed by atoms with Crippen LogP contribution in [-0.2, 0) is 0 Å². The van der Waals surface area contributed by atoms with Crippen LogP contribution in [0.1, 0.15) is 16.7 Å². The Labute approximate surface area is 313 Å². The highest BCUT2D eigenvalue weighted by Gasteiger charge is 2.22. The Kier molecular flexibility index (Phi) is 7.28. The van der Waals surface area contributed by atoms with Gasteiger partial charge in [-0.05, 0) is 103 Å². The van der Waals surface area contributed by atoms with Crippen molar-refractivity contribution in [3.05, 3.63) is 187 Å². The standard InChI is InChI=1S/C50H34N4/c1-32-13-18-35(19-14-32)37-22-25-46-41(29-37)39-8-3-5-10-44(39)53(46)48-24-17-34(31-51)28-43(48)50-49(12-7-27-52-50)54-45-11-6-4-9-40(45)42-30-38(23-26-47(42)54)36-20-15-33(2)16-21-36/h3-30H,1-2H3. The summed E-state index contributed by atoms with van der Waals surface area (Å²) in [5.74, 6) is 0. The third-order valence-corrected chi connectivity index (χ3v) is 10.8. The lowest BCUT2D eigenvalue weighted by atomic mass is 10.0. The summed E-state index contributed by atoms with van der Waals surface area (Å²) in [4.78, 5) is 5.12. The topological polar surface area (TPSA) is 46.5 Å². The molecule has 3 heterocycles. The lowest BCUT2D eigenvalue weighted by Crippen LogP contribution is -2.03. The Morgan fingerprint density at radius 3 is 1.50 bits per heavy atom. The number of pyridine rings is 1. The molecule has 0 atom stereocenters. The Morgan fingerprint density at radius 2 is 0.944 bits per heavy atom. The molecule has 0 radical (unpaired) electrons. The molecule has 3 aromatic heterocycles. The van der Waals surface area contributed by atoms with E-state index in [9.17, 15) is 5.26 Å². The fraction of sp³-hybridized carbons (Fsp3) is 0.0400. The molecule has 0 amide bonds. The van der Waals surface area contributed by atoms with Crippen molar-refractivity contribution in [3.63, 3.8) is 0 Å². The summed E-state index contributed by atoms with van der Waals surface area (Å²) in [5, 5.41) is 14.9. The Balaban J connectivity index is 1.22. The Hall–Kier alpha value is -7.22. The summed E-state index contributed by atoms with van der Waals surface area (Å²) in [7, 11) is 0.